The van der Waals surface area contributed by atoms with Crippen LogP contribution in [0.25, 0.3) is 0 Å². The van der Waals surface area contributed by atoms with Crippen LogP contribution in [0.15, 0.2) is 88.9 Å². The zero-order valence-corrected chi connectivity index (χ0v) is 23.7. The van der Waals surface area contributed by atoms with Gasteiger partial charge in [-0.15, -0.1) is 0 Å². The Hall–Kier alpha value is -4.22. The third-order valence-electron chi connectivity index (χ3n) is 6.46. The minimum absolute atomic E-state index is 0.0708. The van der Waals surface area contributed by atoms with Gasteiger partial charge in [0.25, 0.3) is 21.8 Å². The Kier molecular flexibility index (Phi) is 10.5. The number of benzene rings is 3. The first-order chi connectivity index (χ1) is 19.9. The Balaban J connectivity index is 1.34. The molecule has 0 aromatic heterocycles. The fourth-order valence-electron chi connectivity index (χ4n) is 4.30. The van der Waals surface area contributed by atoms with E-state index >= 15 is 0 Å². The summed E-state index contributed by atoms with van der Waals surface area (Å²) in [4.78, 5) is 24.9. The van der Waals surface area contributed by atoms with Gasteiger partial charge in [-0.05, 0) is 72.9 Å². The van der Waals surface area contributed by atoms with Crippen LogP contribution in [-0.4, -0.2) is 58.9 Å². The number of rotatable bonds is 13. The number of hydrazone groups is 1. The molecule has 1 aliphatic rings. The average molecular weight is 579 g/mol. The van der Waals surface area contributed by atoms with Gasteiger partial charge in [0.05, 0.1) is 22.9 Å². The maximum absolute atomic E-state index is 13.5. The second kappa shape index (κ2) is 14.4. The van der Waals surface area contributed by atoms with Crippen molar-refractivity contribution in [3.8, 4) is 5.75 Å². The summed E-state index contributed by atoms with van der Waals surface area (Å²) in [6.07, 6.45) is 4.06. The van der Waals surface area contributed by atoms with Crippen molar-refractivity contribution in [3.63, 3.8) is 0 Å². The van der Waals surface area contributed by atoms with Crippen LogP contribution in [0.1, 0.15) is 30.9 Å². The van der Waals surface area contributed by atoms with Crippen molar-refractivity contribution in [2.75, 3.05) is 30.6 Å². The van der Waals surface area contributed by atoms with Gasteiger partial charge < -0.3 is 14.8 Å². The number of aryl methyl sites for hydroxylation is 1. The summed E-state index contributed by atoms with van der Waals surface area (Å²) < 4.78 is 39.2. The Morgan fingerprint density at radius 3 is 2.46 bits per heavy atom. The number of carbonyl (C=O) groups excluding carboxylic acids is 2. The normalized spacial score (nSPS) is 15.0. The van der Waals surface area contributed by atoms with E-state index < -0.39 is 22.5 Å². The molecule has 1 atom stereocenters. The molecular weight excluding hydrogens is 544 g/mol. The molecule has 2 N–H and O–H groups in total. The van der Waals surface area contributed by atoms with E-state index in [9.17, 15) is 18.0 Å². The first-order valence-corrected chi connectivity index (χ1v) is 14.9. The molecule has 0 spiro atoms. The van der Waals surface area contributed by atoms with Gasteiger partial charge in [-0.3, -0.25) is 13.9 Å². The van der Waals surface area contributed by atoms with Crippen LogP contribution < -0.4 is 19.8 Å². The number of sulfonamides is 1. The Morgan fingerprint density at radius 2 is 1.76 bits per heavy atom. The van der Waals surface area contributed by atoms with Crippen molar-refractivity contribution in [3.05, 3.63) is 90.0 Å². The maximum atomic E-state index is 13.5. The fraction of sp³-hybridized carbons (Fsp3) is 0.300. The van der Waals surface area contributed by atoms with E-state index in [2.05, 4.69) is 15.8 Å². The van der Waals surface area contributed by atoms with Gasteiger partial charge in [0.15, 0.2) is 6.61 Å². The number of nitrogens with zero attached hydrogens (tertiary/aromatic N) is 2. The molecule has 0 bridgehead atoms. The van der Waals surface area contributed by atoms with E-state index in [-0.39, 0.29) is 23.5 Å². The van der Waals surface area contributed by atoms with Crippen LogP contribution >= 0.6 is 0 Å². The summed E-state index contributed by atoms with van der Waals surface area (Å²) in [6.45, 7) is 2.57. The lowest BCUT2D eigenvalue weighted by atomic mass is 10.1. The summed E-state index contributed by atoms with van der Waals surface area (Å²) in [5.41, 5.74) is 4.32. The van der Waals surface area contributed by atoms with Crippen molar-refractivity contribution in [1.29, 1.82) is 0 Å². The Bertz CT molecular complexity index is 1440. The number of para-hydroxylation sites is 1. The molecule has 1 fully saturated rings. The monoisotopic (exact) mass is 578 g/mol. The molecule has 1 heterocycles. The molecule has 0 aliphatic carbocycles. The highest BCUT2D eigenvalue weighted by molar-refractivity contribution is 7.92. The molecule has 216 valence electrons. The van der Waals surface area contributed by atoms with E-state index in [1.54, 1.807) is 54.6 Å². The van der Waals surface area contributed by atoms with Crippen LogP contribution in [0.4, 0.5) is 5.69 Å². The SMILES string of the molecule is CCc1ccccc1N(CC(=O)N/N=C\c1ccc(OCC(=O)NC[C@H]2CCCO2)cc1)S(=O)(=O)c1ccccc1. The van der Waals surface area contributed by atoms with Crippen LogP contribution in [-0.2, 0) is 30.8 Å². The smallest absolute Gasteiger partial charge is 0.264 e. The Morgan fingerprint density at radius 1 is 1.02 bits per heavy atom. The minimum atomic E-state index is -4.01. The van der Waals surface area contributed by atoms with E-state index in [1.165, 1.54) is 18.3 Å². The van der Waals surface area contributed by atoms with E-state index in [0.29, 0.717) is 30.0 Å². The summed E-state index contributed by atoms with van der Waals surface area (Å²) in [5, 5.41) is 6.79. The highest BCUT2D eigenvalue weighted by Gasteiger charge is 2.28. The number of nitrogens with one attached hydrogen (secondary N) is 2. The second-order valence-corrected chi connectivity index (χ2v) is 11.3. The first-order valence-electron chi connectivity index (χ1n) is 13.5. The molecule has 0 unspecified atom stereocenters. The molecule has 1 saturated heterocycles. The third-order valence-corrected chi connectivity index (χ3v) is 8.24. The van der Waals surface area contributed by atoms with Crippen molar-refractivity contribution in [2.45, 2.75) is 37.2 Å². The van der Waals surface area contributed by atoms with Crippen molar-refractivity contribution >= 4 is 33.7 Å². The van der Waals surface area contributed by atoms with E-state index in [1.807, 2.05) is 19.1 Å². The molecule has 2 amide bonds. The summed E-state index contributed by atoms with van der Waals surface area (Å²) in [6, 6.07) is 21.9. The van der Waals surface area contributed by atoms with Gasteiger partial charge in [-0.1, -0.05) is 43.3 Å². The number of hydrogen-bond donors (Lipinski definition) is 2. The number of anilines is 1. The molecule has 3 aromatic rings. The quantitative estimate of drug-likeness (QED) is 0.237. The zero-order chi connectivity index (χ0) is 29.1. The minimum Gasteiger partial charge on any atom is -0.484 e. The molecular formula is C30H34N4O6S. The van der Waals surface area contributed by atoms with Crippen molar-refractivity contribution in [1.82, 2.24) is 10.7 Å². The maximum Gasteiger partial charge on any atom is 0.264 e. The molecule has 3 aromatic carbocycles. The molecule has 41 heavy (non-hydrogen) atoms. The lowest BCUT2D eigenvalue weighted by Gasteiger charge is -2.25. The summed E-state index contributed by atoms with van der Waals surface area (Å²) in [7, 11) is -4.01. The van der Waals surface area contributed by atoms with Crippen LogP contribution in [0.2, 0.25) is 0 Å². The summed E-state index contributed by atoms with van der Waals surface area (Å²) in [5.74, 6) is -0.311. The van der Waals surface area contributed by atoms with Crippen LogP contribution in [0, 0.1) is 0 Å². The van der Waals surface area contributed by atoms with Crippen LogP contribution in [0.3, 0.4) is 0 Å². The lowest BCUT2D eigenvalue weighted by molar-refractivity contribution is -0.123. The van der Waals surface area contributed by atoms with Crippen LogP contribution in [0.5, 0.6) is 5.75 Å². The molecule has 10 nitrogen and oxygen atoms in total. The van der Waals surface area contributed by atoms with E-state index in [4.69, 9.17) is 9.47 Å². The lowest BCUT2D eigenvalue weighted by Crippen LogP contribution is -2.40. The predicted octanol–water partition coefficient (Wildman–Crippen LogP) is 3.27. The third kappa shape index (κ3) is 8.38. The van der Waals surface area contributed by atoms with Crippen molar-refractivity contribution < 1.29 is 27.5 Å². The second-order valence-electron chi connectivity index (χ2n) is 9.40. The fourth-order valence-corrected chi connectivity index (χ4v) is 5.78. The van der Waals surface area contributed by atoms with E-state index in [0.717, 1.165) is 29.3 Å². The summed E-state index contributed by atoms with van der Waals surface area (Å²) >= 11 is 0. The number of amides is 2. The molecule has 4 rings (SSSR count). The standard InChI is InChI=1S/C30H34N4O6S/c1-2-24-9-6-7-13-28(24)34(41(37,38)27-11-4-3-5-12-27)21-29(35)33-32-19-23-14-16-25(17-15-23)40-22-30(36)31-20-26-10-8-18-39-26/h3-7,9,11-17,19,26H,2,8,10,18,20-22H2,1H3,(H,31,36)(H,33,35)/b32-19-/t26-/m1/s1. The van der Waals surface area contributed by atoms with Gasteiger partial charge in [0.1, 0.15) is 12.3 Å². The first kappa shape index (κ1) is 29.8. The Labute approximate surface area is 240 Å². The number of carbonyl (C=O) groups is 2. The highest BCUT2D eigenvalue weighted by Crippen LogP contribution is 2.27. The number of hydrogen-bond acceptors (Lipinski definition) is 7. The average Bonchev–Trinajstić information content (AvgIpc) is 3.53. The highest BCUT2D eigenvalue weighted by atomic mass is 32.2. The molecule has 1 aliphatic heterocycles. The largest absolute Gasteiger partial charge is 0.484 e. The predicted molar refractivity (Wildman–Crippen MR) is 156 cm³/mol. The molecule has 0 saturated carbocycles. The van der Waals surface area contributed by atoms with Gasteiger partial charge in [-0.2, -0.15) is 5.10 Å². The van der Waals surface area contributed by atoms with Gasteiger partial charge in [0.2, 0.25) is 0 Å². The van der Waals surface area contributed by atoms with Gasteiger partial charge in [-0.25, -0.2) is 13.8 Å². The topological polar surface area (TPSA) is 126 Å². The molecule has 11 heteroatoms. The van der Waals surface area contributed by atoms with Crippen molar-refractivity contribution in [2.24, 2.45) is 5.10 Å². The van der Waals surface area contributed by atoms with Gasteiger partial charge in [0, 0.05) is 13.2 Å². The van der Waals surface area contributed by atoms with Gasteiger partial charge >= 0.3 is 0 Å². The molecule has 0 radical (unpaired) electrons. The number of ether oxygens (including phenoxy) is 2. The zero-order valence-electron chi connectivity index (χ0n) is 22.9.